The van der Waals surface area contributed by atoms with E-state index < -0.39 is 5.60 Å². The second-order valence-electron chi connectivity index (χ2n) is 8.12. The van der Waals surface area contributed by atoms with Crippen molar-refractivity contribution < 1.29 is 14.6 Å². The van der Waals surface area contributed by atoms with E-state index in [9.17, 15) is 5.11 Å². The Hall–Kier alpha value is -2.05. The van der Waals surface area contributed by atoms with Crippen LogP contribution in [0.2, 0.25) is 0 Å². The molecule has 28 heavy (non-hydrogen) atoms. The summed E-state index contributed by atoms with van der Waals surface area (Å²) >= 11 is 0. The Morgan fingerprint density at radius 1 is 1.21 bits per heavy atom. The van der Waals surface area contributed by atoms with Crippen molar-refractivity contribution >= 4 is 0 Å². The van der Waals surface area contributed by atoms with E-state index in [2.05, 4.69) is 22.0 Å². The maximum Gasteiger partial charge on any atom is 0.161 e. The molecule has 0 radical (unpaired) electrons. The number of aryl methyl sites for hydroxylation is 1. The summed E-state index contributed by atoms with van der Waals surface area (Å²) in [4.78, 5) is 6.99. The van der Waals surface area contributed by atoms with Gasteiger partial charge in [-0.05, 0) is 37.5 Å². The van der Waals surface area contributed by atoms with E-state index in [1.165, 1.54) is 12.0 Å². The molecule has 4 rings (SSSR count). The van der Waals surface area contributed by atoms with Crippen LogP contribution in [-0.4, -0.2) is 46.4 Å². The average molecular weight is 386 g/mol. The van der Waals surface area contributed by atoms with Crippen LogP contribution in [0.5, 0.6) is 11.5 Å². The molecule has 2 aromatic rings. The van der Waals surface area contributed by atoms with Crippen molar-refractivity contribution in [2.45, 2.75) is 38.3 Å². The lowest BCUT2D eigenvalue weighted by atomic mass is 9.65. The fourth-order valence-corrected chi connectivity index (χ4v) is 5.13. The third-order valence-corrected chi connectivity index (χ3v) is 6.42. The van der Waals surface area contributed by atoms with Crippen LogP contribution in [0, 0.1) is 11.8 Å². The number of imidazole rings is 1. The molecular weight excluding hydrogens is 354 g/mol. The highest BCUT2D eigenvalue weighted by Crippen LogP contribution is 2.48. The Balaban J connectivity index is 1.54. The molecule has 6 heteroatoms. The Morgan fingerprint density at radius 2 is 1.96 bits per heavy atom. The van der Waals surface area contributed by atoms with Gasteiger partial charge >= 0.3 is 0 Å². The SMILES string of the molecule is CCOc1cc(CN2C[C@H]3CCC[C@H](C2)C3(O)c2nccn2C)ccc1OC. The lowest BCUT2D eigenvalue weighted by Crippen LogP contribution is -2.58. The van der Waals surface area contributed by atoms with Crippen LogP contribution in [0.15, 0.2) is 30.6 Å². The maximum atomic E-state index is 11.7. The molecule has 2 aliphatic rings. The predicted octanol–water partition coefficient (Wildman–Crippen LogP) is 2.95. The summed E-state index contributed by atoms with van der Waals surface area (Å²) in [6.45, 7) is 5.22. The number of aliphatic hydroxyl groups is 1. The first kappa shape index (κ1) is 19.3. The van der Waals surface area contributed by atoms with Crippen molar-refractivity contribution in [2.24, 2.45) is 18.9 Å². The minimum atomic E-state index is -0.816. The predicted molar refractivity (Wildman–Crippen MR) is 107 cm³/mol. The summed E-state index contributed by atoms with van der Waals surface area (Å²) in [7, 11) is 3.65. The number of fused-ring (bicyclic) bond motifs is 2. The first-order valence-corrected chi connectivity index (χ1v) is 10.3. The van der Waals surface area contributed by atoms with Gasteiger partial charge < -0.3 is 19.1 Å². The molecule has 1 saturated heterocycles. The topological polar surface area (TPSA) is 59.8 Å². The van der Waals surface area contributed by atoms with E-state index in [0.29, 0.717) is 6.61 Å². The van der Waals surface area contributed by atoms with Crippen molar-refractivity contribution in [3.63, 3.8) is 0 Å². The summed E-state index contributed by atoms with van der Waals surface area (Å²) in [6.07, 6.45) is 7.00. The zero-order valence-corrected chi connectivity index (χ0v) is 17.1. The molecule has 0 amide bonds. The summed E-state index contributed by atoms with van der Waals surface area (Å²) in [6, 6.07) is 6.17. The molecule has 1 N–H and O–H groups in total. The molecule has 2 atom stereocenters. The smallest absolute Gasteiger partial charge is 0.161 e. The molecule has 152 valence electrons. The van der Waals surface area contributed by atoms with E-state index in [4.69, 9.17) is 9.47 Å². The van der Waals surface area contributed by atoms with E-state index >= 15 is 0 Å². The summed E-state index contributed by atoms with van der Waals surface area (Å²) < 4.78 is 13.1. The molecule has 0 unspecified atom stereocenters. The molecule has 2 bridgehead atoms. The number of rotatable bonds is 6. The van der Waals surface area contributed by atoms with Gasteiger partial charge in [0.25, 0.3) is 0 Å². The van der Waals surface area contributed by atoms with Gasteiger partial charge in [-0.25, -0.2) is 4.98 Å². The van der Waals surface area contributed by atoms with Crippen molar-refractivity contribution in [3.05, 3.63) is 42.0 Å². The first-order chi connectivity index (χ1) is 13.6. The fraction of sp³-hybridized carbons (Fsp3) is 0.591. The van der Waals surface area contributed by atoms with E-state index in [1.54, 1.807) is 13.3 Å². The largest absolute Gasteiger partial charge is 0.493 e. The number of nitrogens with zero attached hydrogens (tertiary/aromatic N) is 3. The van der Waals surface area contributed by atoms with Crippen LogP contribution in [-0.2, 0) is 19.2 Å². The third kappa shape index (κ3) is 3.29. The zero-order valence-electron chi connectivity index (χ0n) is 17.1. The van der Waals surface area contributed by atoms with Gasteiger partial charge in [0.1, 0.15) is 11.4 Å². The lowest BCUT2D eigenvalue weighted by molar-refractivity contribution is -0.155. The van der Waals surface area contributed by atoms with Gasteiger partial charge in [-0.15, -0.1) is 0 Å². The fourth-order valence-electron chi connectivity index (χ4n) is 5.13. The zero-order chi connectivity index (χ0) is 19.7. The molecule has 6 nitrogen and oxygen atoms in total. The Morgan fingerprint density at radius 3 is 2.57 bits per heavy atom. The monoisotopic (exact) mass is 385 g/mol. The third-order valence-electron chi connectivity index (χ3n) is 6.42. The standard InChI is InChI=1S/C22H31N3O3/c1-4-28-20-12-16(8-9-19(20)27-3)13-25-14-17-6-5-7-18(15-25)22(17,26)21-23-10-11-24(21)2/h8-12,17-18,26H,4-7,13-15H2,1-3H3/t17-,18-/m1/s1. The number of aromatic nitrogens is 2. The Kier molecular flexibility index (Phi) is 5.34. The first-order valence-electron chi connectivity index (χ1n) is 10.3. The number of piperidine rings is 1. The average Bonchev–Trinajstić information content (AvgIpc) is 3.10. The molecule has 1 aliphatic heterocycles. The second-order valence-corrected chi connectivity index (χ2v) is 8.12. The number of hydrogen-bond acceptors (Lipinski definition) is 5. The van der Waals surface area contributed by atoms with Crippen molar-refractivity contribution in [1.82, 2.24) is 14.5 Å². The Labute approximate surface area is 167 Å². The van der Waals surface area contributed by atoms with Crippen LogP contribution in [0.3, 0.4) is 0 Å². The van der Waals surface area contributed by atoms with Crippen LogP contribution < -0.4 is 9.47 Å². The number of ether oxygens (including phenoxy) is 2. The van der Waals surface area contributed by atoms with Crippen LogP contribution >= 0.6 is 0 Å². The molecule has 0 spiro atoms. The van der Waals surface area contributed by atoms with Gasteiger partial charge in [0.2, 0.25) is 0 Å². The minimum Gasteiger partial charge on any atom is -0.493 e. The summed E-state index contributed by atoms with van der Waals surface area (Å²) in [5.74, 6) is 2.82. The molecule has 1 aromatic heterocycles. The van der Waals surface area contributed by atoms with E-state index in [1.807, 2.05) is 30.8 Å². The van der Waals surface area contributed by atoms with Crippen LogP contribution in [0.1, 0.15) is 37.6 Å². The second kappa shape index (κ2) is 7.76. The van der Waals surface area contributed by atoms with Gasteiger partial charge in [-0.1, -0.05) is 12.5 Å². The van der Waals surface area contributed by atoms with Gasteiger partial charge in [0, 0.05) is 50.9 Å². The molecule has 2 heterocycles. The molecule has 1 saturated carbocycles. The van der Waals surface area contributed by atoms with E-state index in [0.717, 1.165) is 49.8 Å². The van der Waals surface area contributed by atoms with Crippen molar-refractivity contribution in [2.75, 3.05) is 26.8 Å². The number of benzene rings is 1. The normalized spacial score (nSPS) is 27.6. The van der Waals surface area contributed by atoms with Crippen LogP contribution in [0.4, 0.5) is 0 Å². The van der Waals surface area contributed by atoms with Gasteiger partial charge in [-0.3, -0.25) is 4.90 Å². The number of hydrogen-bond donors (Lipinski definition) is 1. The van der Waals surface area contributed by atoms with E-state index in [-0.39, 0.29) is 11.8 Å². The minimum absolute atomic E-state index is 0.214. The van der Waals surface area contributed by atoms with Gasteiger partial charge in [0.05, 0.1) is 13.7 Å². The highest BCUT2D eigenvalue weighted by atomic mass is 16.5. The maximum absolute atomic E-state index is 11.7. The van der Waals surface area contributed by atoms with Crippen molar-refractivity contribution in [1.29, 1.82) is 0 Å². The van der Waals surface area contributed by atoms with Crippen LogP contribution in [0.25, 0.3) is 0 Å². The lowest BCUT2D eigenvalue weighted by Gasteiger charge is -2.52. The van der Waals surface area contributed by atoms with Crippen molar-refractivity contribution in [3.8, 4) is 11.5 Å². The number of likely N-dealkylation sites (tertiary alicyclic amines) is 1. The Bertz CT molecular complexity index is 805. The quantitative estimate of drug-likeness (QED) is 0.828. The summed E-state index contributed by atoms with van der Waals surface area (Å²) in [5.41, 5.74) is 0.397. The highest BCUT2D eigenvalue weighted by Gasteiger charge is 2.53. The molecule has 1 aromatic carbocycles. The van der Waals surface area contributed by atoms with Gasteiger partial charge in [0.15, 0.2) is 11.5 Å². The van der Waals surface area contributed by atoms with Gasteiger partial charge in [-0.2, -0.15) is 0 Å². The molecule has 2 fully saturated rings. The highest BCUT2D eigenvalue weighted by molar-refractivity contribution is 5.43. The molecule has 1 aliphatic carbocycles. The molecular formula is C22H31N3O3. The number of methoxy groups -OCH3 is 1. The summed E-state index contributed by atoms with van der Waals surface area (Å²) in [5, 5.41) is 11.7.